The van der Waals surface area contributed by atoms with E-state index in [1.165, 1.54) is 4.90 Å². The first kappa shape index (κ1) is 15.8. The van der Waals surface area contributed by atoms with Gasteiger partial charge in [0.15, 0.2) is 0 Å². The number of carbonyl (C=O) groups is 2. The summed E-state index contributed by atoms with van der Waals surface area (Å²) in [5, 5.41) is 5.95. The van der Waals surface area contributed by atoms with E-state index >= 15 is 0 Å². The molecule has 2 amide bonds. The molecule has 2 unspecified atom stereocenters. The zero-order valence-electron chi connectivity index (χ0n) is 12.4. The lowest BCUT2D eigenvalue weighted by Crippen LogP contribution is -2.60. The van der Waals surface area contributed by atoms with Gasteiger partial charge in [0.1, 0.15) is 11.6 Å². The van der Waals surface area contributed by atoms with Crippen molar-refractivity contribution < 1.29 is 14.3 Å². The Kier molecular flexibility index (Phi) is 5.17. The highest BCUT2D eigenvalue weighted by molar-refractivity contribution is 5.83. The molecule has 0 aliphatic carbocycles. The number of alkyl carbamates (subject to hydrolysis) is 1. The van der Waals surface area contributed by atoms with Crippen molar-refractivity contribution in [1.29, 1.82) is 0 Å². The predicted molar refractivity (Wildman–Crippen MR) is 72.9 cm³/mol. The van der Waals surface area contributed by atoms with Crippen LogP contribution in [0.25, 0.3) is 0 Å². The standard InChI is InChI=1S/C13H25N3O3/c1-13(2,3)19-12(18)15-9-7-6-8-14-10(9)11(17)16(4)5/h9-10,14H,6-8H2,1-5H3,(H,15,18). The summed E-state index contributed by atoms with van der Waals surface area (Å²) in [6.45, 7) is 6.23. The van der Waals surface area contributed by atoms with Gasteiger partial charge in [-0.25, -0.2) is 4.79 Å². The van der Waals surface area contributed by atoms with E-state index in [0.29, 0.717) is 0 Å². The molecule has 0 bridgehead atoms. The van der Waals surface area contributed by atoms with Gasteiger partial charge in [0.25, 0.3) is 0 Å². The van der Waals surface area contributed by atoms with Crippen molar-refractivity contribution >= 4 is 12.0 Å². The van der Waals surface area contributed by atoms with Gasteiger partial charge in [-0.05, 0) is 40.2 Å². The van der Waals surface area contributed by atoms with E-state index in [0.717, 1.165) is 19.4 Å². The van der Waals surface area contributed by atoms with Crippen LogP contribution < -0.4 is 10.6 Å². The lowest BCUT2D eigenvalue weighted by Gasteiger charge is -2.34. The van der Waals surface area contributed by atoms with Crippen molar-refractivity contribution in [1.82, 2.24) is 15.5 Å². The lowest BCUT2D eigenvalue weighted by atomic mass is 9.97. The summed E-state index contributed by atoms with van der Waals surface area (Å²) in [5.74, 6) is -0.0271. The first-order valence-electron chi connectivity index (χ1n) is 6.65. The van der Waals surface area contributed by atoms with Crippen LogP contribution in [-0.4, -0.2) is 55.2 Å². The van der Waals surface area contributed by atoms with Gasteiger partial charge in [-0.1, -0.05) is 0 Å². The highest BCUT2D eigenvalue weighted by atomic mass is 16.6. The van der Waals surface area contributed by atoms with Crippen molar-refractivity contribution in [2.24, 2.45) is 0 Å². The largest absolute Gasteiger partial charge is 0.444 e. The van der Waals surface area contributed by atoms with E-state index in [-0.39, 0.29) is 18.0 Å². The quantitative estimate of drug-likeness (QED) is 0.776. The van der Waals surface area contributed by atoms with E-state index in [2.05, 4.69) is 10.6 Å². The number of hydrogen-bond donors (Lipinski definition) is 2. The number of carbonyl (C=O) groups excluding carboxylic acids is 2. The van der Waals surface area contributed by atoms with Crippen LogP contribution in [0.4, 0.5) is 4.79 Å². The first-order valence-corrected chi connectivity index (χ1v) is 6.65. The number of likely N-dealkylation sites (N-methyl/N-ethyl adjacent to an activating group) is 1. The van der Waals surface area contributed by atoms with Crippen LogP contribution in [0.15, 0.2) is 0 Å². The Balaban J connectivity index is 2.63. The number of hydrogen-bond acceptors (Lipinski definition) is 4. The molecule has 1 saturated heterocycles. The average molecular weight is 271 g/mol. The molecular formula is C13H25N3O3. The maximum Gasteiger partial charge on any atom is 0.407 e. The van der Waals surface area contributed by atoms with Crippen LogP contribution in [0.2, 0.25) is 0 Å². The molecule has 1 aliphatic rings. The summed E-state index contributed by atoms with van der Waals surface area (Å²) in [6.07, 6.45) is 1.23. The van der Waals surface area contributed by atoms with Crippen molar-refractivity contribution in [2.45, 2.75) is 51.3 Å². The molecule has 1 rings (SSSR count). The lowest BCUT2D eigenvalue weighted by molar-refractivity contribution is -0.132. The van der Waals surface area contributed by atoms with Gasteiger partial charge < -0.3 is 20.3 Å². The Bertz CT molecular complexity index is 337. The minimum atomic E-state index is -0.534. The van der Waals surface area contributed by atoms with E-state index in [4.69, 9.17) is 4.74 Å². The molecule has 0 aromatic heterocycles. The third-order valence-electron chi connectivity index (χ3n) is 2.87. The van der Waals surface area contributed by atoms with Crippen LogP contribution in [0.5, 0.6) is 0 Å². The van der Waals surface area contributed by atoms with E-state index < -0.39 is 11.7 Å². The second-order valence-corrected chi connectivity index (χ2v) is 6.06. The molecule has 19 heavy (non-hydrogen) atoms. The molecule has 1 aliphatic heterocycles. The number of piperidine rings is 1. The summed E-state index contributed by atoms with van der Waals surface area (Å²) < 4.78 is 5.23. The molecule has 1 heterocycles. The molecule has 0 radical (unpaired) electrons. The molecule has 110 valence electrons. The SMILES string of the molecule is CN(C)C(=O)C1NCCCC1NC(=O)OC(C)(C)C. The van der Waals surface area contributed by atoms with E-state index in [1.54, 1.807) is 14.1 Å². The van der Waals surface area contributed by atoms with Gasteiger partial charge in [0, 0.05) is 14.1 Å². The van der Waals surface area contributed by atoms with Crippen LogP contribution in [0.1, 0.15) is 33.6 Å². The molecule has 0 saturated carbocycles. The molecule has 0 aromatic carbocycles. The number of nitrogens with one attached hydrogen (secondary N) is 2. The fourth-order valence-electron chi connectivity index (χ4n) is 2.04. The summed E-state index contributed by atoms with van der Waals surface area (Å²) in [5.41, 5.74) is -0.534. The van der Waals surface area contributed by atoms with Gasteiger partial charge in [-0.2, -0.15) is 0 Å². The van der Waals surface area contributed by atoms with Gasteiger partial charge in [0.05, 0.1) is 6.04 Å². The van der Waals surface area contributed by atoms with Gasteiger partial charge in [-0.15, -0.1) is 0 Å². The molecule has 2 atom stereocenters. The molecule has 0 spiro atoms. The maximum absolute atomic E-state index is 12.0. The molecule has 0 aromatic rings. The number of nitrogens with zero attached hydrogens (tertiary/aromatic N) is 1. The highest BCUT2D eigenvalue weighted by Crippen LogP contribution is 2.13. The zero-order valence-corrected chi connectivity index (χ0v) is 12.4. The zero-order chi connectivity index (χ0) is 14.6. The highest BCUT2D eigenvalue weighted by Gasteiger charge is 2.33. The molecule has 2 N–H and O–H groups in total. The smallest absolute Gasteiger partial charge is 0.407 e. The topological polar surface area (TPSA) is 70.7 Å². The normalized spacial score (nSPS) is 23.6. The van der Waals surface area contributed by atoms with Gasteiger partial charge >= 0.3 is 6.09 Å². The Labute approximate surface area is 114 Å². The van der Waals surface area contributed by atoms with Crippen molar-refractivity contribution in [3.8, 4) is 0 Å². The van der Waals surface area contributed by atoms with Crippen LogP contribution in [-0.2, 0) is 9.53 Å². The number of ether oxygens (including phenoxy) is 1. The number of rotatable bonds is 2. The molecule has 6 nitrogen and oxygen atoms in total. The second-order valence-electron chi connectivity index (χ2n) is 6.06. The summed E-state index contributed by atoms with van der Waals surface area (Å²) >= 11 is 0. The second kappa shape index (κ2) is 6.23. The third kappa shape index (κ3) is 5.06. The Morgan fingerprint density at radius 3 is 2.47 bits per heavy atom. The molecule has 6 heteroatoms. The Morgan fingerprint density at radius 1 is 1.32 bits per heavy atom. The monoisotopic (exact) mass is 271 g/mol. The van der Waals surface area contributed by atoms with Crippen LogP contribution >= 0.6 is 0 Å². The number of amides is 2. The minimum absolute atomic E-state index is 0.0271. The van der Waals surface area contributed by atoms with E-state index in [9.17, 15) is 9.59 Å². The van der Waals surface area contributed by atoms with Crippen molar-refractivity contribution in [3.63, 3.8) is 0 Å². The Morgan fingerprint density at radius 2 is 1.95 bits per heavy atom. The van der Waals surface area contributed by atoms with Gasteiger partial charge in [0.2, 0.25) is 5.91 Å². The summed E-state index contributed by atoms with van der Waals surface area (Å²) in [6, 6.07) is -0.602. The summed E-state index contributed by atoms with van der Waals surface area (Å²) in [4.78, 5) is 25.4. The summed E-state index contributed by atoms with van der Waals surface area (Å²) in [7, 11) is 3.42. The Hall–Kier alpha value is -1.30. The molecular weight excluding hydrogens is 246 g/mol. The average Bonchev–Trinajstić information content (AvgIpc) is 2.26. The fraction of sp³-hybridized carbons (Fsp3) is 0.846. The third-order valence-corrected chi connectivity index (χ3v) is 2.87. The van der Waals surface area contributed by atoms with E-state index in [1.807, 2.05) is 20.8 Å². The van der Waals surface area contributed by atoms with Gasteiger partial charge in [-0.3, -0.25) is 4.79 Å². The fourth-order valence-corrected chi connectivity index (χ4v) is 2.04. The molecule has 1 fully saturated rings. The van der Waals surface area contributed by atoms with Crippen molar-refractivity contribution in [3.05, 3.63) is 0 Å². The minimum Gasteiger partial charge on any atom is -0.444 e. The van der Waals surface area contributed by atoms with Crippen LogP contribution in [0, 0.1) is 0 Å². The maximum atomic E-state index is 12.0. The van der Waals surface area contributed by atoms with Crippen LogP contribution in [0.3, 0.4) is 0 Å². The first-order chi connectivity index (χ1) is 8.70. The van der Waals surface area contributed by atoms with Crippen molar-refractivity contribution in [2.75, 3.05) is 20.6 Å². The predicted octanol–water partition coefficient (Wildman–Crippen LogP) is 0.720.